The van der Waals surface area contributed by atoms with E-state index in [1.165, 1.54) is 54.6 Å². The minimum atomic E-state index is -3.81. The number of rotatable bonds is 5. The van der Waals surface area contributed by atoms with Gasteiger partial charge in [-0.15, -0.1) is 0 Å². The molecule has 0 aliphatic rings. The van der Waals surface area contributed by atoms with Crippen molar-refractivity contribution < 1.29 is 22.0 Å². The van der Waals surface area contributed by atoms with Crippen LogP contribution in [0, 0.1) is 11.6 Å². The topological polar surface area (TPSA) is 75.3 Å². The maximum absolute atomic E-state index is 13.2. The second-order valence-corrected chi connectivity index (χ2v) is 7.84. The second kappa shape index (κ2) is 7.95. The highest BCUT2D eigenvalue weighted by atomic mass is 35.5. The van der Waals surface area contributed by atoms with Gasteiger partial charge in [0.1, 0.15) is 0 Å². The van der Waals surface area contributed by atoms with Crippen molar-refractivity contribution in [2.75, 3.05) is 10.0 Å². The predicted octanol–water partition coefficient (Wildman–Crippen LogP) is 4.67. The lowest BCUT2D eigenvalue weighted by atomic mass is 10.2. The third-order valence-corrected chi connectivity index (χ3v) is 5.35. The molecule has 0 saturated carbocycles. The molecule has 3 aromatic rings. The summed E-state index contributed by atoms with van der Waals surface area (Å²) in [5.74, 6) is -2.65. The standard InChI is InChI=1S/C19H13ClF2N2O3S/c20-13-3-8-16(9-4-13)28(26,27)24-14-5-1-12(2-6-14)19(25)23-15-7-10-17(21)18(22)11-15/h1-11,24H,(H,23,25). The van der Waals surface area contributed by atoms with Crippen molar-refractivity contribution in [1.29, 1.82) is 0 Å². The molecule has 144 valence electrons. The highest BCUT2D eigenvalue weighted by Crippen LogP contribution is 2.19. The zero-order valence-electron chi connectivity index (χ0n) is 14.1. The largest absolute Gasteiger partial charge is 0.322 e. The maximum Gasteiger partial charge on any atom is 0.261 e. The summed E-state index contributed by atoms with van der Waals surface area (Å²) in [6.07, 6.45) is 0. The first-order valence-electron chi connectivity index (χ1n) is 7.89. The molecule has 3 aromatic carbocycles. The molecule has 2 N–H and O–H groups in total. The SMILES string of the molecule is O=C(Nc1ccc(F)c(F)c1)c1ccc(NS(=O)(=O)c2ccc(Cl)cc2)cc1. The molecular weight excluding hydrogens is 410 g/mol. The van der Waals surface area contributed by atoms with Gasteiger partial charge in [0.25, 0.3) is 15.9 Å². The van der Waals surface area contributed by atoms with E-state index in [1.807, 2.05) is 0 Å². The van der Waals surface area contributed by atoms with Crippen molar-refractivity contribution in [2.24, 2.45) is 0 Å². The molecule has 0 unspecified atom stereocenters. The zero-order chi connectivity index (χ0) is 20.3. The molecule has 0 fully saturated rings. The van der Waals surface area contributed by atoms with Crippen molar-refractivity contribution in [3.05, 3.63) is 89.0 Å². The summed E-state index contributed by atoms with van der Waals surface area (Å²) in [6, 6.07) is 14.3. The van der Waals surface area contributed by atoms with Crippen LogP contribution in [0.25, 0.3) is 0 Å². The number of benzene rings is 3. The summed E-state index contributed by atoms with van der Waals surface area (Å²) in [5.41, 5.74) is 0.551. The van der Waals surface area contributed by atoms with Gasteiger partial charge in [0, 0.05) is 28.0 Å². The molecule has 3 rings (SSSR count). The van der Waals surface area contributed by atoms with Gasteiger partial charge in [-0.2, -0.15) is 0 Å². The van der Waals surface area contributed by atoms with Gasteiger partial charge in [0.2, 0.25) is 0 Å². The molecule has 0 atom stereocenters. The van der Waals surface area contributed by atoms with E-state index >= 15 is 0 Å². The molecule has 0 aliphatic heterocycles. The van der Waals surface area contributed by atoms with E-state index in [0.717, 1.165) is 12.1 Å². The molecular formula is C19H13ClF2N2O3S. The van der Waals surface area contributed by atoms with Crippen LogP contribution in [0.1, 0.15) is 10.4 Å². The van der Waals surface area contributed by atoms with Gasteiger partial charge in [-0.05, 0) is 60.7 Å². The van der Waals surface area contributed by atoms with Crippen LogP contribution >= 0.6 is 11.6 Å². The third kappa shape index (κ3) is 4.65. The molecule has 0 radical (unpaired) electrons. The number of sulfonamides is 1. The van der Waals surface area contributed by atoms with E-state index < -0.39 is 27.6 Å². The first kappa shape index (κ1) is 19.8. The van der Waals surface area contributed by atoms with Crippen LogP contribution in [0.5, 0.6) is 0 Å². The van der Waals surface area contributed by atoms with Gasteiger partial charge < -0.3 is 5.32 Å². The number of halogens is 3. The molecule has 0 spiro atoms. The smallest absolute Gasteiger partial charge is 0.261 e. The monoisotopic (exact) mass is 422 g/mol. The number of amides is 1. The van der Waals surface area contributed by atoms with Gasteiger partial charge in [-0.25, -0.2) is 17.2 Å². The zero-order valence-corrected chi connectivity index (χ0v) is 15.7. The van der Waals surface area contributed by atoms with Crippen LogP contribution in [-0.2, 0) is 10.0 Å². The van der Waals surface area contributed by atoms with E-state index in [9.17, 15) is 22.0 Å². The molecule has 1 amide bonds. The van der Waals surface area contributed by atoms with Gasteiger partial charge >= 0.3 is 0 Å². The average molecular weight is 423 g/mol. The number of nitrogens with one attached hydrogen (secondary N) is 2. The summed E-state index contributed by atoms with van der Waals surface area (Å²) < 4.78 is 53.2. The average Bonchev–Trinajstić information content (AvgIpc) is 2.65. The van der Waals surface area contributed by atoms with E-state index in [-0.39, 0.29) is 21.8 Å². The van der Waals surface area contributed by atoms with Crippen molar-refractivity contribution in [3.63, 3.8) is 0 Å². The summed E-state index contributed by atoms with van der Waals surface area (Å²) in [7, 11) is -3.81. The summed E-state index contributed by atoms with van der Waals surface area (Å²) in [5, 5.41) is 2.84. The number of anilines is 2. The fourth-order valence-corrected chi connectivity index (χ4v) is 3.48. The van der Waals surface area contributed by atoms with Gasteiger partial charge in [-0.1, -0.05) is 11.6 Å². The Hall–Kier alpha value is -2.97. The lowest BCUT2D eigenvalue weighted by Gasteiger charge is -2.09. The lowest BCUT2D eigenvalue weighted by Crippen LogP contribution is -2.14. The van der Waals surface area contributed by atoms with Gasteiger partial charge in [0.15, 0.2) is 11.6 Å². The van der Waals surface area contributed by atoms with Crippen LogP contribution in [0.2, 0.25) is 5.02 Å². The Balaban J connectivity index is 1.71. The second-order valence-electron chi connectivity index (χ2n) is 5.72. The molecule has 0 aromatic heterocycles. The number of hydrogen-bond acceptors (Lipinski definition) is 3. The summed E-state index contributed by atoms with van der Waals surface area (Å²) >= 11 is 5.75. The molecule has 0 bridgehead atoms. The Bertz CT molecular complexity index is 1120. The molecule has 0 aliphatic carbocycles. The van der Waals surface area contributed by atoms with Crippen molar-refractivity contribution in [1.82, 2.24) is 0 Å². The van der Waals surface area contributed by atoms with Crippen molar-refractivity contribution in [2.45, 2.75) is 4.90 Å². The number of carbonyl (C=O) groups is 1. The Labute approximate surface area is 165 Å². The Morgan fingerprint density at radius 1 is 0.821 bits per heavy atom. The quantitative estimate of drug-likeness (QED) is 0.627. The van der Waals surface area contributed by atoms with Crippen LogP contribution in [-0.4, -0.2) is 14.3 Å². The Morgan fingerprint density at radius 3 is 2.04 bits per heavy atom. The van der Waals surface area contributed by atoms with Gasteiger partial charge in [-0.3, -0.25) is 9.52 Å². The third-order valence-electron chi connectivity index (χ3n) is 3.70. The molecule has 28 heavy (non-hydrogen) atoms. The van der Waals surface area contributed by atoms with Gasteiger partial charge in [0.05, 0.1) is 4.90 Å². The van der Waals surface area contributed by atoms with E-state index in [0.29, 0.717) is 5.02 Å². The van der Waals surface area contributed by atoms with Crippen molar-refractivity contribution >= 4 is 38.9 Å². The summed E-state index contributed by atoms with van der Waals surface area (Å²) in [4.78, 5) is 12.2. The Kier molecular flexibility index (Phi) is 5.62. The lowest BCUT2D eigenvalue weighted by molar-refractivity contribution is 0.102. The highest BCUT2D eigenvalue weighted by Gasteiger charge is 2.15. The minimum Gasteiger partial charge on any atom is -0.322 e. The first-order valence-corrected chi connectivity index (χ1v) is 9.75. The number of hydrogen-bond donors (Lipinski definition) is 2. The summed E-state index contributed by atoms with van der Waals surface area (Å²) in [6.45, 7) is 0. The number of carbonyl (C=O) groups excluding carboxylic acids is 1. The molecule has 9 heteroatoms. The first-order chi connectivity index (χ1) is 13.2. The van der Waals surface area contributed by atoms with Crippen LogP contribution in [0.3, 0.4) is 0 Å². The molecule has 0 heterocycles. The van der Waals surface area contributed by atoms with E-state index in [4.69, 9.17) is 11.6 Å². The molecule has 5 nitrogen and oxygen atoms in total. The van der Waals surface area contributed by atoms with Crippen molar-refractivity contribution in [3.8, 4) is 0 Å². The van der Waals surface area contributed by atoms with E-state index in [2.05, 4.69) is 10.0 Å². The Morgan fingerprint density at radius 2 is 1.43 bits per heavy atom. The van der Waals surface area contributed by atoms with Crippen LogP contribution < -0.4 is 10.0 Å². The normalized spacial score (nSPS) is 11.1. The maximum atomic E-state index is 13.2. The predicted molar refractivity (Wildman–Crippen MR) is 103 cm³/mol. The fourth-order valence-electron chi connectivity index (χ4n) is 2.29. The molecule has 0 saturated heterocycles. The van der Waals surface area contributed by atoms with Crippen LogP contribution in [0.15, 0.2) is 71.6 Å². The van der Waals surface area contributed by atoms with E-state index in [1.54, 1.807) is 0 Å². The minimum absolute atomic E-state index is 0.0389. The van der Waals surface area contributed by atoms with Crippen LogP contribution in [0.4, 0.5) is 20.2 Å². The highest BCUT2D eigenvalue weighted by molar-refractivity contribution is 7.92. The fraction of sp³-hybridized carbons (Fsp3) is 0.